The van der Waals surface area contributed by atoms with Crippen LogP contribution >= 0.6 is 11.6 Å². The number of hydrogen-bond acceptors (Lipinski definition) is 4. The molecule has 3 rings (SSSR count). The largest absolute Gasteiger partial charge is 0.336 e. The molecule has 0 aliphatic rings. The first-order valence-corrected chi connectivity index (χ1v) is 7.52. The van der Waals surface area contributed by atoms with Gasteiger partial charge in [0.25, 0.3) is 5.91 Å². The zero-order chi connectivity index (χ0) is 17.8. The molecule has 3 aromatic rings. The van der Waals surface area contributed by atoms with Crippen molar-refractivity contribution in [2.75, 3.05) is 10.6 Å². The van der Waals surface area contributed by atoms with E-state index in [1.807, 2.05) is 0 Å². The lowest BCUT2D eigenvalue weighted by molar-refractivity contribution is 0.102. The number of aromatic nitrogens is 2. The van der Waals surface area contributed by atoms with Gasteiger partial charge in [-0.05, 0) is 48.5 Å². The van der Waals surface area contributed by atoms with E-state index in [4.69, 9.17) is 11.6 Å². The maximum atomic E-state index is 13.6. The lowest BCUT2D eigenvalue weighted by Crippen LogP contribution is -2.14. The molecule has 0 unspecified atom stereocenters. The van der Waals surface area contributed by atoms with Gasteiger partial charge in [0.2, 0.25) is 0 Å². The van der Waals surface area contributed by atoms with Crippen molar-refractivity contribution in [1.29, 1.82) is 0 Å². The topological polar surface area (TPSA) is 66.9 Å². The average molecular weight is 361 g/mol. The van der Waals surface area contributed by atoms with Crippen LogP contribution in [0.3, 0.4) is 0 Å². The van der Waals surface area contributed by atoms with Crippen molar-refractivity contribution >= 4 is 34.7 Å². The molecule has 5 nitrogen and oxygen atoms in total. The minimum absolute atomic E-state index is 0.0501. The van der Waals surface area contributed by atoms with Crippen LogP contribution in [0.1, 0.15) is 10.5 Å². The van der Waals surface area contributed by atoms with Crippen LogP contribution in [0.5, 0.6) is 0 Å². The van der Waals surface area contributed by atoms with Crippen LogP contribution in [0, 0.1) is 11.6 Å². The van der Waals surface area contributed by atoms with E-state index in [0.29, 0.717) is 10.7 Å². The number of carbonyl (C=O) groups excluding carboxylic acids is 1. The van der Waals surface area contributed by atoms with E-state index in [0.717, 1.165) is 12.1 Å². The van der Waals surface area contributed by atoms with Crippen molar-refractivity contribution in [2.24, 2.45) is 0 Å². The number of hydrogen-bond donors (Lipinski definition) is 2. The molecule has 0 fully saturated rings. The molecule has 25 heavy (non-hydrogen) atoms. The Morgan fingerprint density at radius 1 is 0.960 bits per heavy atom. The molecule has 0 radical (unpaired) electrons. The second-order valence-electron chi connectivity index (χ2n) is 5.01. The first-order chi connectivity index (χ1) is 12.0. The number of amides is 1. The fourth-order valence-electron chi connectivity index (χ4n) is 1.98. The van der Waals surface area contributed by atoms with Crippen molar-refractivity contribution in [3.8, 4) is 0 Å². The lowest BCUT2D eigenvalue weighted by atomic mass is 10.3. The first kappa shape index (κ1) is 16.8. The van der Waals surface area contributed by atoms with Crippen molar-refractivity contribution in [1.82, 2.24) is 10.2 Å². The molecule has 1 heterocycles. The highest BCUT2D eigenvalue weighted by Gasteiger charge is 2.10. The van der Waals surface area contributed by atoms with Gasteiger partial charge in [-0.25, -0.2) is 8.78 Å². The van der Waals surface area contributed by atoms with E-state index in [-0.39, 0.29) is 17.2 Å². The van der Waals surface area contributed by atoms with Crippen molar-refractivity contribution < 1.29 is 13.6 Å². The fourth-order valence-corrected chi connectivity index (χ4v) is 2.10. The van der Waals surface area contributed by atoms with Crippen LogP contribution in [-0.2, 0) is 0 Å². The molecule has 0 bridgehead atoms. The lowest BCUT2D eigenvalue weighted by Gasteiger charge is -2.07. The summed E-state index contributed by atoms with van der Waals surface area (Å²) in [5, 5.41) is 13.5. The Bertz CT molecular complexity index is 902. The highest BCUT2D eigenvalue weighted by atomic mass is 35.5. The molecule has 1 aromatic heterocycles. The quantitative estimate of drug-likeness (QED) is 0.723. The van der Waals surface area contributed by atoms with Gasteiger partial charge in [-0.1, -0.05) is 11.6 Å². The van der Waals surface area contributed by atoms with E-state index in [1.165, 1.54) is 18.2 Å². The average Bonchev–Trinajstić information content (AvgIpc) is 2.60. The van der Waals surface area contributed by atoms with Gasteiger partial charge < -0.3 is 10.6 Å². The number of benzene rings is 2. The summed E-state index contributed by atoms with van der Waals surface area (Å²) in [6.07, 6.45) is 0. The third-order valence-corrected chi connectivity index (χ3v) is 3.45. The molecule has 0 saturated carbocycles. The van der Waals surface area contributed by atoms with Crippen LogP contribution in [0.2, 0.25) is 5.02 Å². The number of halogens is 3. The molecule has 0 spiro atoms. The fraction of sp³-hybridized carbons (Fsp3) is 0. The van der Waals surface area contributed by atoms with Gasteiger partial charge in [0.1, 0.15) is 11.6 Å². The molecule has 0 aliphatic heterocycles. The predicted molar refractivity (Wildman–Crippen MR) is 91.1 cm³/mol. The Balaban J connectivity index is 1.69. The van der Waals surface area contributed by atoms with Crippen LogP contribution in [-0.4, -0.2) is 16.1 Å². The number of anilines is 3. The summed E-state index contributed by atoms with van der Waals surface area (Å²) in [6.45, 7) is 0. The molecule has 126 valence electrons. The molecule has 0 saturated heterocycles. The van der Waals surface area contributed by atoms with Crippen molar-refractivity contribution in [2.45, 2.75) is 0 Å². The van der Waals surface area contributed by atoms with Gasteiger partial charge in [0.05, 0.1) is 5.69 Å². The first-order valence-electron chi connectivity index (χ1n) is 7.14. The molecular weight excluding hydrogens is 350 g/mol. The smallest absolute Gasteiger partial charge is 0.276 e. The van der Waals surface area contributed by atoms with E-state index < -0.39 is 17.5 Å². The zero-order valence-corrected chi connectivity index (χ0v) is 13.4. The van der Waals surface area contributed by atoms with Crippen LogP contribution in [0.15, 0.2) is 54.6 Å². The van der Waals surface area contributed by atoms with Crippen molar-refractivity contribution in [3.63, 3.8) is 0 Å². The molecular formula is C17H11ClF2N4O. The molecule has 2 N–H and O–H groups in total. The zero-order valence-electron chi connectivity index (χ0n) is 12.6. The number of rotatable bonds is 4. The highest BCUT2D eigenvalue weighted by Crippen LogP contribution is 2.19. The monoisotopic (exact) mass is 360 g/mol. The van der Waals surface area contributed by atoms with Gasteiger partial charge in [-0.3, -0.25) is 4.79 Å². The summed E-state index contributed by atoms with van der Waals surface area (Å²) in [6, 6.07) is 12.6. The number of nitrogens with zero attached hydrogens (tertiary/aromatic N) is 2. The second kappa shape index (κ2) is 7.23. The summed E-state index contributed by atoms with van der Waals surface area (Å²) in [5.41, 5.74) is 0.695. The third-order valence-electron chi connectivity index (χ3n) is 3.19. The number of nitrogens with one attached hydrogen (secondary N) is 2. The van der Waals surface area contributed by atoms with E-state index in [1.54, 1.807) is 24.3 Å². The molecule has 0 aliphatic carbocycles. The Morgan fingerprint density at radius 3 is 2.36 bits per heavy atom. The minimum atomic E-state index is -0.758. The summed E-state index contributed by atoms with van der Waals surface area (Å²) in [4.78, 5) is 12.1. The Labute approximate surface area is 146 Å². The molecule has 8 heteroatoms. The maximum Gasteiger partial charge on any atom is 0.276 e. The normalized spacial score (nSPS) is 10.4. The standard InChI is InChI=1S/C17H11ClF2N4O/c18-10-1-4-12(5-2-10)21-17(25)15-7-8-16(24-23-15)22-14-6-3-11(19)9-13(14)20/h1-9H,(H,21,25)(H,22,24). The SMILES string of the molecule is O=C(Nc1ccc(Cl)cc1)c1ccc(Nc2ccc(F)cc2F)nn1. The summed E-state index contributed by atoms with van der Waals surface area (Å²) in [7, 11) is 0. The predicted octanol–water partition coefficient (Wildman–Crippen LogP) is 4.40. The second-order valence-corrected chi connectivity index (χ2v) is 5.45. The molecule has 2 aromatic carbocycles. The van der Waals surface area contributed by atoms with E-state index in [2.05, 4.69) is 20.8 Å². The summed E-state index contributed by atoms with van der Waals surface area (Å²) in [5.74, 6) is -1.67. The highest BCUT2D eigenvalue weighted by molar-refractivity contribution is 6.30. The third kappa shape index (κ3) is 4.27. The van der Waals surface area contributed by atoms with Gasteiger partial charge in [-0.2, -0.15) is 0 Å². The van der Waals surface area contributed by atoms with Crippen molar-refractivity contribution in [3.05, 3.63) is 76.9 Å². The van der Waals surface area contributed by atoms with E-state index in [9.17, 15) is 13.6 Å². The number of carbonyl (C=O) groups is 1. The van der Waals surface area contributed by atoms with Crippen LogP contribution in [0.25, 0.3) is 0 Å². The van der Waals surface area contributed by atoms with Gasteiger partial charge >= 0.3 is 0 Å². The molecule has 1 amide bonds. The summed E-state index contributed by atoms with van der Waals surface area (Å²) < 4.78 is 26.5. The Hall–Kier alpha value is -3.06. The Morgan fingerprint density at radius 2 is 1.72 bits per heavy atom. The maximum absolute atomic E-state index is 13.6. The van der Waals surface area contributed by atoms with E-state index >= 15 is 0 Å². The van der Waals surface area contributed by atoms with Crippen LogP contribution < -0.4 is 10.6 Å². The van der Waals surface area contributed by atoms with Crippen LogP contribution in [0.4, 0.5) is 26.0 Å². The van der Waals surface area contributed by atoms with Gasteiger partial charge in [0, 0.05) is 16.8 Å². The van der Waals surface area contributed by atoms with Gasteiger partial charge in [0.15, 0.2) is 11.5 Å². The minimum Gasteiger partial charge on any atom is -0.336 e. The van der Waals surface area contributed by atoms with Gasteiger partial charge in [-0.15, -0.1) is 10.2 Å². The summed E-state index contributed by atoms with van der Waals surface area (Å²) >= 11 is 5.78. The molecule has 0 atom stereocenters. The Kier molecular flexibility index (Phi) is 4.85.